The van der Waals surface area contributed by atoms with Gasteiger partial charge in [0.25, 0.3) is 5.91 Å². The highest BCUT2D eigenvalue weighted by Gasteiger charge is 2.09. The van der Waals surface area contributed by atoms with Crippen LogP contribution in [0.2, 0.25) is 0 Å². The molecule has 0 atom stereocenters. The lowest BCUT2D eigenvalue weighted by Crippen LogP contribution is -2.24. The van der Waals surface area contributed by atoms with Gasteiger partial charge in [0.05, 0.1) is 0 Å². The van der Waals surface area contributed by atoms with Crippen molar-refractivity contribution >= 4 is 5.91 Å². The van der Waals surface area contributed by atoms with Crippen LogP contribution in [0.25, 0.3) is 0 Å². The summed E-state index contributed by atoms with van der Waals surface area (Å²) in [6.45, 7) is 3.42. The van der Waals surface area contributed by atoms with E-state index < -0.39 is 0 Å². The molecule has 1 aliphatic rings. The maximum Gasteiger partial charge on any atom is 0.251 e. The summed E-state index contributed by atoms with van der Waals surface area (Å²) in [5, 5.41) is 2.64. The predicted molar refractivity (Wildman–Crippen MR) is 73.6 cm³/mol. The zero-order valence-corrected chi connectivity index (χ0v) is 11.1. The van der Waals surface area contributed by atoms with Gasteiger partial charge >= 0.3 is 0 Å². The van der Waals surface area contributed by atoms with E-state index in [2.05, 4.69) is 22.3 Å². The molecule has 1 saturated heterocycles. The molecule has 3 nitrogen and oxygen atoms in total. The number of rotatable bonds is 3. The SMILES string of the molecule is CNC(=O)c1ccc(CN2CCCCCC2)cc1. The van der Waals surface area contributed by atoms with E-state index in [0.29, 0.717) is 0 Å². The van der Waals surface area contributed by atoms with Crippen molar-refractivity contribution in [3.8, 4) is 0 Å². The number of amides is 1. The van der Waals surface area contributed by atoms with Crippen LogP contribution in [-0.2, 0) is 6.54 Å². The zero-order valence-electron chi connectivity index (χ0n) is 11.1. The van der Waals surface area contributed by atoms with Gasteiger partial charge in [0.2, 0.25) is 0 Å². The maximum absolute atomic E-state index is 11.4. The van der Waals surface area contributed by atoms with Crippen LogP contribution in [0.5, 0.6) is 0 Å². The van der Waals surface area contributed by atoms with Gasteiger partial charge in [0.15, 0.2) is 0 Å². The fraction of sp³-hybridized carbons (Fsp3) is 0.533. The molecule has 0 aromatic heterocycles. The van der Waals surface area contributed by atoms with E-state index in [9.17, 15) is 4.79 Å². The fourth-order valence-electron chi connectivity index (χ4n) is 2.46. The third kappa shape index (κ3) is 3.57. The van der Waals surface area contributed by atoms with Gasteiger partial charge in [-0.3, -0.25) is 9.69 Å². The highest BCUT2D eigenvalue weighted by Crippen LogP contribution is 2.13. The average molecular weight is 246 g/mol. The summed E-state index contributed by atoms with van der Waals surface area (Å²) in [7, 11) is 1.66. The molecule has 1 aromatic carbocycles. The monoisotopic (exact) mass is 246 g/mol. The quantitative estimate of drug-likeness (QED) is 0.888. The molecule has 1 aromatic rings. The smallest absolute Gasteiger partial charge is 0.251 e. The van der Waals surface area contributed by atoms with Crippen molar-refractivity contribution < 1.29 is 4.79 Å². The summed E-state index contributed by atoms with van der Waals surface area (Å²) < 4.78 is 0. The van der Waals surface area contributed by atoms with E-state index in [1.807, 2.05) is 12.1 Å². The molecular formula is C15H22N2O. The molecule has 2 rings (SSSR count). The minimum Gasteiger partial charge on any atom is -0.355 e. The molecule has 18 heavy (non-hydrogen) atoms. The van der Waals surface area contributed by atoms with Crippen molar-refractivity contribution in [2.24, 2.45) is 0 Å². The van der Waals surface area contributed by atoms with Crippen LogP contribution < -0.4 is 5.32 Å². The van der Waals surface area contributed by atoms with Gasteiger partial charge in [-0.25, -0.2) is 0 Å². The molecule has 0 aliphatic carbocycles. The molecule has 1 amide bonds. The topological polar surface area (TPSA) is 32.3 Å². The molecule has 1 aliphatic heterocycles. The number of carbonyl (C=O) groups excluding carboxylic acids is 1. The number of hydrogen-bond donors (Lipinski definition) is 1. The van der Waals surface area contributed by atoms with Gasteiger partial charge in [-0.15, -0.1) is 0 Å². The number of hydrogen-bond acceptors (Lipinski definition) is 2. The Bertz CT molecular complexity index is 378. The van der Waals surface area contributed by atoms with E-state index in [0.717, 1.165) is 12.1 Å². The first-order valence-electron chi connectivity index (χ1n) is 6.83. The lowest BCUT2D eigenvalue weighted by Gasteiger charge is -2.19. The van der Waals surface area contributed by atoms with Crippen LogP contribution in [-0.4, -0.2) is 30.9 Å². The van der Waals surface area contributed by atoms with E-state index in [1.54, 1.807) is 7.05 Å². The molecule has 0 radical (unpaired) electrons. The lowest BCUT2D eigenvalue weighted by atomic mass is 10.1. The molecule has 1 heterocycles. The standard InChI is InChI=1S/C15H22N2O/c1-16-15(18)14-8-6-13(7-9-14)12-17-10-4-2-3-5-11-17/h6-9H,2-5,10-12H2,1H3,(H,16,18). The van der Waals surface area contributed by atoms with Crippen molar-refractivity contribution in [3.63, 3.8) is 0 Å². The average Bonchev–Trinajstić information content (AvgIpc) is 2.67. The van der Waals surface area contributed by atoms with Gasteiger partial charge in [0, 0.05) is 19.2 Å². The number of nitrogens with zero attached hydrogens (tertiary/aromatic N) is 1. The fourth-order valence-corrected chi connectivity index (χ4v) is 2.46. The highest BCUT2D eigenvalue weighted by atomic mass is 16.1. The summed E-state index contributed by atoms with van der Waals surface area (Å²) in [5.74, 6) is -0.0173. The van der Waals surface area contributed by atoms with Crippen LogP contribution in [0.1, 0.15) is 41.6 Å². The Hall–Kier alpha value is -1.35. The third-order valence-electron chi connectivity index (χ3n) is 3.55. The zero-order chi connectivity index (χ0) is 12.8. The minimum absolute atomic E-state index is 0.0173. The van der Waals surface area contributed by atoms with Crippen LogP contribution in [0.3, 0.4) is 0 Å². The molecule has 0 saturated carbocycles. The molecule has 0 bridgehead atoms. The van der Waals surface area contributed by atoms with Gasteiger partial charge in [-0.05, 0) is 43.6 Å². The number of likely N-dealkylation sites (tertiary alicyclic amines) is 1. The second kappa shape index (κ2) is 6.55. The lowest BCUT2D eigenvalue weighted by molar-refractivity contribution is 0.0963. The van der Waals surface area contributed by atoms with Crippen molar-refractivity contribution in [2.45, 2.75) is 32.2 Å². The molecule has 0 unspecified atom stereocenters. The Morgan fingerprint density at radius 1 is 1.11 bits per heavy atom. The van der Waals surface area contributed by atoms with Crippen LogP contribution >= 0.6 is 0 Å². The van der Waals surface area contributed by atoms with E-state index in [1.165, 1.54) is 44.3 Å². The normalized spacial score (nSPS) is 17.2. The Morgan fingerprint density at radius 3 is 2.28 bits per heavy atom. The molecule has 1 N–H and O–H groups in total. The second-order valence-corrected chi connectivity index (χ2v) is 4.97. The van der Waals surface area contributed by atoms with Crippen molar-refractivity contribution in [2.75, 3.05) is 20.1 Å². The maximum atomic E-state index is 11.4. The van der Waals surface area contributed by atoms with Gasteiger partial charge < -0.3 is 5.32 Å². The highest BCUT2D eigenvalue weighted by molar-refractivity contribution is 5.93. The second-order valence-electron chi connectivity index (χ2n) is 4.97. The van der Waals surface area contributed by atoms with Gasteiger partial charge in [-0.2, -0.15) is 0 Å². The molecule has 1 fully saturated rings. The molecule has 98 valence electrons. The van der Waals surface area contributed by atoms with Gasteiger partial charge in [-0.1, -0.05) is 25.0 Å². The first-order valence-corrected chi connectivity index (χ1v) is 6.83. The van der Waals surface area contributed by atoms with Crippen molar-refractivity contribution in [1.29, 1.82) is 0 Å². The third-order valence-corrected chi connectivity index (χ3v) is 3.55. The number of carbonyl (C=O) groups is 1. The Balaban J connectivity index is 1.94. The summed E-state index contributed by atoms with van der Waals surface area (Å²) in [5.41, 5.74) is 2.03. The first-order chi connectivity index (χ1) is 8.79. The summed E-state index contributed by atoms with van der Waals surface area (Å²) >= 11 is 0. The summed E-state index contributed by atoms with van der Waals surface area (Å²) in [6.07, 6.45) is 5.37. The molecular weight excluding hydrogens is 224 g/mol. The van der Waals surface area contributed by atoms with Crippen LogP contribution in [0.4, 0.5) is 0 Å². The molecule has 0 spiro atoms. The minimum atomic E-state index is -0.0173. The van der Waals surface area contributed by atoms with Gasteiger partial charge in [0.1, 0.15) is 0 Å². The Labute approximate surface area is 109 Å². The van der Waals surface area contributed by atoms with Crippen molar-refractivity contribution in [3.05, 3.63) is 35.4 Å². The van der Waals surface area contributed by atoms with E-state index >= 15 is 0 Å². The van der Waals surface area contributed by atoms with Crippen LogP contribution in [0.15, 0.2) is 24.3 Å². The Morgan fingerprint density at radius 2 is 1.72 bits per heavy atom. The summed E-state index contributed by atoms with van der Waals surface area (Å²) in [6, 6.07) is 7.95. The first kappa shape index (κ1) is 13.1. The predicted octanol–water partition coefficient (Wildman–Crippen LogP) is 2.42. The number of benzene rings is 1. The largest absolute Gasteiger partial charge is 0.355 e. The molecule has 3 heteroatoms. The Kier molecular flexibility index (Phi) is 4.76. The number of nitrogens with one attached hydrogen (secondary N) is 1. The van der Waals surface area contributed by atoms with E-state index in [4.69, 9.17) is 0 Å². The summed E-state index contributed by atoms with van der Waals surface area (Å²) in [4.78, 5) is 14.0. The van der Waals surface area contributed by atoms with Crippen molar-refractivity contribution in [1.82, 2.24) is 10.2 Å². The van der Waals surface area contributed by atoms with E-state index in [-0.39, 0.29) is 5.91 Å². The van der Waals surface area contributed by atoms with Crippen LogP contribution in [0, 0.1) is 0 Å².